The fraction of sp³-hybridized carbons (Fsp3) is 0.200. The first-order chi connectivity index (χ1) is 7.00. The largest absolute Gasteiger partial charge is 0.479 e. The summed E-state index contributed by atoms with van der Waals surface area (Å²) in [6.45, 7) is 1.42. The molecule has 0 heterocycles. The fourth-order valence-corrected chi connectivity index (χ4v) is 0.952. The van der Waals surface area contributed by atoms with Crippen molar-refractivity contribution in [2.75, 3.05) is 0 Å². The first kappa shape index (κ1) is 11.0. The Kier molecular flexibility index (Phi) is 3.28. The molecule has 0 aliphatic rings. The molecule has 80 valence electrons. The first-order valence-electron chi connectivity index (χ1n) is 4.30. The molecule has 0 fully saturated rings. The summed E-state index contributed by atoms with van der Waals surface area (Å²) in [6.07, 6.45) is -0.926. The van der Waals surface area contributed by atoms with Gasteiger partial charge in [-0.1, -0.05) is 0 Å². The van der Waals surface area contributed by atoms with Gasteiger partial charge in [-0.25, -0.2) is 4.79 Å². The van der Waals surface area contributed by atoms with Crippen LogP contribution < -0.4 is 10.5 Å². The zero-order chi connectivity index (χ0) is 11.4. The van der Waals surface area contributed by atoms with Gasteiger partial charge in [-0.2, -0.15) is 0 Å². The monoisotopic (exact) mass is 209 g/mol. The average molecular weight is 209 g/mol. The number of carboxylic acid groups (broad SMARTS) is 1. The van der Waals surface area contributed by atoms with Crippen LogP contribution in [-0.4, -0.2) is 23.1 Å². The van der Waals surface area contributed by atoms with Crippen LogP contribution in [0.15, 0.2) is 24.3 Å². The number of hydrogen-bond acceptors (Lipinski definition) is 3. The number of benzene rings is 1. The summed E-state index contributed by atoms with van der Waals surface area (Å²) in [5, 5.41) is 8.59. The minimum atomic E-state index is -1.05. The van der Waals surface area contributed by atoms with Crippen LogP contribution in [0.25, 0.3) is 0 Å². The van der Waals surface area contributed by atoms with E-state index in [1.807, 2.05) is 0 Å². The highest BCUT2D eigenvalue weighted by molar-refractivity contribution is 5.92. The Morgan fingerprint density at radius 1 is 1.33 bits per heavy atom. The van der Waals surface area contributed by atoms with Crippen molar-refractivity contribution in [1.82, 2.24) is 0 Å². The molecule has 5 heteroatoms. The van der Waals surface area contributed by atoms with Gasteiger partial charge in [0.15, 0.2) is 6.10 Å². The van der Waals surface area contributed by atoms with Crippen molar-refractivity contribution in [3.05, 3.63) is 29.8 Å². The Balaban J connectivity index is 2.72. The van der Waals surface area contributed by atoms with E-state index in [1.54, 1.807) is 0 Å². The third-order valence-corrected chi connectivity index (χ3v) is 1.80. The van der Waals surface area contributed by atoms with Crippen molar-refractivity contribution in [2.45, 2.75) is 13.0 Å². The maximum atomic E-state index is 10.7. The van der Waals surface area contributed by atoms with Crippen LogP contribution in [-0.2, 0) is 4.79 Å². The van der Waals surface area contributed by atoms with E-state index in [0.29, 0.717) is 11.3 Å². The number of hydrogen-bond donors (Lipinski definition) is 2. The minimum absolute atomic E-state index is 0.352. The number of amides is 1. The molecule has 0 saturated carbocycles. The smallest absolute Gasteiger partial charge is 0.344 e. The molecule has 0 spiro atoms. The van der Waals surface area contributed by atoms with Gasteiger partial charge in [0.25, 0.3) is 0 Å². The second kappa shape index (κ2) is 4.45. The number of carbonyl (C=O) groups is 2. The van der Waals surface area contributed by atoms with E-state index in [2.05, 4.69) is 0 Å². The van der Waals surface area contributed by atoms with Gasteiger partial charge in [0.1, 0.15) is 5.75 Å². The number of primary amides is 1. The third-order valence-electron chi connectivity index (χ3n) is 1.80. The van der Waals surface area contributed by atoms with Crippen molar-refractivity contribution in [2.24, 2.45) is 5.73 Å². The third kappa shape index (κ3) is 2.98. The van der Waals surface area contributed by atoms with E-state index < -0.39 is 18.0 Å². The summed E-state index contributed by atoms with van der Waals surface area (Å²) in [4.78, 5) is 21.2. The van der Waals surface area contributed by atoms with Crippen LogP contribution in [0.4, 0.5) is 0 Å². The number of ether oxygens (including phenoxy) is 1. The van der Waals surface area contributed by atoms with Gasteiger partial charge in [-0.15, -0.1) is 0 Å². The molecule has 1 aromatic carbocycles. The van der Waals surface area contributed by atoms with Crippen LogP contribution in [0.3, 0.4) is 0 Å². The average Bonchev–Trinajstić information content (AvgIpc) is 2.18. The predicted molar refractivity (Wildman–Crippen MR) is 52.7 cm³/mol. The van der Waals surface area contributed by atoms with Gasteiger partial charge in [0.05, 0.1) is 0 Å². The lowest BCUT2D eigenvalue weighted by Crippen LogP contribution is -2.22. The van der Waals surface area contributed by atoms with Gasteiger partial charge in [-0.05, 0) is 31.2 Å². The van der Waals surface area contributed by atoms with E-state index in [-0.39, 0.29) is 0 Å². The van der Waals surface area contributed by atoms with Gasteiger partial charge in [0.2, 0.25) is 5.91 Å². The predicted octanol–water partition coefficient (Wildman–Crippen LogP) is 0.637. The number of aliphatic carboxylic acids is 1. The first-order valence-corrected chi connectivity index (χ1v) is 4.30. The molecule has 5 nitrogen and oxygen atoms in total. The fourth-order valence-electron chi connectivity index (χ4n) is 0.952. The van der Waals surface area contributed by atoms with E-state index in [1.165, 1.54) is 31.2 Å². The molecule has 1 atom stereocenters. The molecule has 3 N–H and O–H groups in total. The van der Waals surface area contributed by atoms with Gasteiger partial charge >= 0.3 is 5.97 Å². The Morgan fingerprint density at radius 3 is 2.27 bits per heavy atom. The summed E-state index contributed by atoms with van der Waals surface area (Å²) in [6, 6.07) is 5.96. The summed E-state index contributed by atoms with van der Waals surface area (Å²) >= 11 is 0. The molecular weight excluding hydrogens is 198 g/mol. The highest BCUT2D eigenvalue weighted by Crippen LogP contribution is 2.13. The van der Waals surface area contributed by atoms with Crippen molar-refractivity contribution in [3.8, 4) is 5.75 Å². The SMILES string of the molecule is C[C@H](Oc1ccc(C(N)=O)cc1)C(=O)O. The molecule has 1 amide bonds. The van der Waals surface area contributed by atoms with Gasteiger partial charge in [-0.3, -0.25) is 4.79 Å². The molecule has 0 radical (unpaired) electrons. The Hall–Kier alpha value is -2.04. The van der Waals surface area contributed by atoms with Crippen LogP contribution in [0.1, 0.15) is 17.3 Å². The van der Waals surface area contributed by atoms with Crippen LogP contribution >= 0.6 is 0 Å². The summed E-state index contributed by atoms with van der Waals surface area (Å²) in [7, 11) is 0. The topological polar surface area (TPSA) is 89.6 Å². The molecule has 15 heavy (non-hydrogen) atoms. The zero-order valence-electron chi connectivity index (χ0n) is 8.14. The lowest BCUT2D eigenvalue weighted by molar-refractivity contribution is -0.144. The van der Waals surface area contributed by atoms with Crippen molar-refractivity contribution in [3.63, 3.8) is 0 Å². The molecule has 1 aromatic rings. The highest BCUT2D eigenvalue weighted by Gasteiger charge is 2.12. The number of rotatable bonds is 4. The maximum Gasteiger partial charge on any atom is 0.344 e. The molecule has 0 aliphatic carbocycles. The maximum absolute atomic E-state index is 10.7. The van der Waals surface area contributed by atoms with Crippen LogP contribution in [0, 0.1) is 0 Å². The molecule has 0 bridgehead atoms. The standard InChI is InChI=1S/C10H11NO4/c1-6(10(13)14)15-8-4-2-7(3-5-8)9(11)12/h2-6H,1H3,(H2,11,12)(H,13,14)/t6-/m0/s1. The van der Waals surface area contributed by atoms with Crippen molar-refractivity contribution < 1.29 is 19.4 Å². The van der Waals surface area contributed by atoms with E-state index in [4.69, 9.17) is 15.6 Å². The number of carbonyl (C=O) groups excluding carboxylic acids is 1. The molecule has 0 aromatic heterocycles. The van der Waals surface area contributed by atoms with Crippen LogP contribution in [0.2, 0.25) is 0 Å². The normalized spacial score (nSPS) is 11.8. The van der Waals surface area contributed by atoms with Gasteiger partial charge < -0.3 is 15.6 Å². The van der Waals surface area contributed by atoms with Crippen molar-refractivity contribution in [1.29, 1.82) is 0 Å². The summed E-state index contributed by atoms with van der Waals surface area (Å²) in [5.41, 5.74) is 5.39. The molecule has 1 rings (SSSR count). The molecule has 0 aliphatic heterocycles. The Morgan fingerprint density at radius 2 is 1.87 bits per heavy atom. The van der Waals surface area contributed by atoms with E-state index in [0.717, 1.165) is 0 Å². The molecule has 0 unspecified atom stereocenters. The van der Waals surface area contributed by atoms with Gasteiger partial charge in [0, 0.05) is 5.56 Å². The summed E-state index contributed by atoms with van der Waals surface area (Å²) in [5.74, 6) is -1.20. The van der Waals surface area contributed by atoms with Crippen molar-refractivity contribution >= 4 is 11.9 Å². The quantitative estimate of drug-likeness (QED) is 0.761. The molecule has 0 saturated heterocycles. The Bertz CT molecular complexity index is 372. The second-order valence-corrected chi connectivity index (χ2v) is 2.99. The van der Waals surface area contributed by atoms with E-state index >= 15 is 0 Å². The number of nitrogens with two attached hydrogens (primary N) is 1. The zero-order valence-corrected chi connectivity index (χ0v) is 8.14. The summed E-state index contributed by atoms with van der Waals surface area (Å²) < 4.78 is 5.06. The lowest BCUT2D eigenvalue weighted by Gasteiger charge is -2.09. The highest BCUT2D eigenvalue weighted by atomic mass is 16.5. The Labute approximate surface area is 86.5 Å². The lowest BCUT2D eigenvalue weighted by atomic mass is 10.2. The van der Waals surface area contributed by atoms with Crippen LogP contribution in [0.5, 0.6) is 5.75 Å². The van der Waals surface area contributed by atoms with E-state index in [9.17, 15) is 9.59 Å². The molecular formula is C10H11NO4. The second-order valence-electron chi connectivity index (χ2n) is 2.99. The number of carboxylic acids is 1. The minimum Gasteiger partial charge on any atom is -0.479 e.